The van der Waals surface area contributed by atoms with E-state index in [4.69, 9.17) is 9.78 Å². The van der Waals surface area contributed by atoms with Crippen LogP contribution in [0, 0.1) is 23.7 Å². The molecule has 0 aromatic heterocycles. The molecule has 3 rings (SSSR count). The smallest absolute Gasteiger partial charge is 0.296 e. The van der Waals surface area contributed by atoms with Crippen molar-refractivity contribution in [3.8, 4) is 0 Å². The summed E-state index contributed by atoms with van der Waals surface area (Å²) in [4.78, 5) is 34.0. The average Bonchev–Trinajstić information content (AvgIpc) is 3.12. The minimum absolute atomic E-state index is 0.0358. The molecular formula is C15H15IO4. The van der Waals surface area contributed by atoms with E-state index in [9.17, 15) is 9.59 Å². The van der Waals surface area contributed by atoms with Crippen LogP contribution in [0.2, 0.25) is 0 Å². The number of ketones is 1. The molecule has 1 aliphatic heterocycles. The van der Waals surface area contributed by atoms with Gasteiger partial charge in [0.2, 0.25) is 4.11 Å². The highest BCUT2D eigenvalue weighted by molar-refractivity contribution is 14.1. The van der Waals surface area contributed by atoms with Gasteiger partial charge in [-0.2, -0.15) is 4.89 Å². The van der Waals surface area contributed by atoms with Gasteiger partial charge in [-0.15, -0.1) is 0 Å². The fourth-order valence-electron chi connectivity index (χ4n) is 3.15. The molecule has 0 amide bonds. The number of benzene rings is 1. The summed E-state index contributed by atoms with van der Waals surface area (Å²) in [7, 11) is 0. The van der Waals surface area contributed by atoms with Crippen molar-refractivity contribution in [1.82, 2.24) is 0 Å². The third-order valence-electron chi connectivity index (χ3n) is 4.28. The van der Waals surface area contributed by atoms with E-state index in [0.717, 1.165) is 5.56 Å². The zero-order valence-electron chi connectivity index (χ0n) is 11.0. The van der Waals surface area contributed by atoms with Gasteiger partial charge in [0.25, 0.3) is 0 Å². The van der Waals surface area contributed by atoms with Crippen LogP contribution in [0.4, 0.5) is 0 Å². The first-order valence-corrected chi connectivity index (χ1v) is 7.93. The SMILES string of the molecule is C[C@@H]1C2C(=O)C(I)OOC(=O)[C@H](Cc3ccccc3)[C@@H]21. The van der Waals surface area contributed by atoms with Crippen LogP contribution in [-0.2, 0) is 25.8 Å². The molecule has 2 fully saturated rings. The van der Waals surface area contributed by atoms with Crippen LogP contribution >= 0.6 is 22.6 Å². The number of Topliss-reactive ketones (excluding diaryl/α,β-unsaturated/α-hetero) is 1. The number of alkyl halides is 1. The van der Waals surface area contributed by atoms with Crippen molar-refractivity contribution >= 4 is 34.3 Å². The van der Waals surface area contributed by atoms with E-state index < -0.39 is 4.11 Å². The molecule has 1 aromatic carbocycles. The van der Waals surface area contributed by atoms with Gasteiger partial charge in [-0.25, -0.2) is 4.79 Å². The van der Waals surface area contributed by atoms with E-state index >= 15 is 0 Å². The predicted octanol–water partition coefficient (Wildman–Crippen LogP) is 2.55. The molecule has 106 valence electrons. The molecule has 5 atom stereocenters. The van der Waals surface area contributed by atoms with Crippen molar-refractivity contribution in [3.63, 3.8) is 0 Å². The fraction of sp³-hybridized carbons (Fsp3) is 0.467. The number of hydrogen-bond acceptors (Lipinski definition) is 4. The molecule has 1 aromatic rings. The second kappa shape index (κ2) is 5.44. The first kappa shape index (κ1) is 14.0. The Hall–Kier alpha value is -0.950. The van der Waals surface area contributed by atoms with Crippen LogP contribution in [0.15, 0.2) is 30.3 Å². The van der Waals surface area contributed by atoms with Gasteiger partial charge in [0, 0.05) is 5.92 Å². The van der Waals surface area contributed by atoms with Crippen LogP contribution in [0.5, 0.6) is 0 Å². The number of rotatable bonds is 2. The molecule has 4 nitrogen and oxygen atoms in total. The van der Waals surface area contributed by atoms with Crippen molar-refractivity contribution in [1.29, 1.82) is 0 Å². The van der Waals surface area contributed by atoms with Gasteiger partial charge in [0.15, 0.2) is 5.78 Å². The average molecular weight is 386 g/mol. The van der Waals surface area contributed by atoms with E-state index in [-0.39, 0.29) is 35.4 Å². The third-order valence-corrected chi connectivity index (χ3v) is 5.10. The first-order valence-electron chi connectivity index (χ1n) is 6.68. The van der Waals surface area contributed by atoms with Crippen LogP contribution in [-0.4, -0.2) is 15.9 Å². The molecule has 0 spiro atoms. The lowest BCUT2D eigenvalue weighted by atomic mass is 9.92. The molecule has 0 bridgehead atoms. The molecule has 20 heavy (non-hydrogen) atoms. The zero-order valence-corrected chi connectivity index (χ0v) is 13.1. The number of hydrogen-bond donors (Lipinski definition) is 0. The predicted molar refractivity (Wildman–Crippen MR) is 79.8 cm³/mol. The van der Waals surface area contributed by atoms with Crippen molar-refractivity contribution in [3.05, 3.63) is 35.9 Å². The minimum atomic E-state index is -0.688. The Morgan fingerprint density at radius 3 is 2.60 bits per heavy atom. The molecule has 2 unspecified atom stereocenters. The second-order valence-electron chi connectivity index (χ2n) is 5.48. The van der Waals surface area contributed by atoms with E-state index in [1.807, 2.05) is 59.8 Å². The Bertz CT molecular complexity index is 530. The molecule has 1 aliphatic carbocycles. The number of carbonyl (C=O) groups is 2. The van der Waals surface area contributed by atoms with E-state index in [1.54, 1.807) is 0 Å². The van der Waals surface area contributed by atoms with Crippen molar-refractivity contribution in [2.75, 3.05) is 0 Å². The summed E-state index contributed by atoms with van der Waals surface area (Å²) < 4.78 is -0.688. The quantitative estimate of drug-likeness (QED) is 0.446. The van der Waals surface area contributed by atoms with Gasteiger partial charge in [-0.05, 0) is 46.4 Å². The Labute approximate surface area is 130 Å². The van der Waals surface area contributed by atoms with Crippen LogP contribution in [0.25, 0.3) is 0 Å². The summed E-state index contributed by atoms with van der Waals surface area (Å²) in [6, 6.07) is 9.80. The van der Waals surface area contributed by atoms with Crippen LogP contribution < -0.4 is 0 Å². The van der Waals surface area contributed by atoms with Crippen molar-refractivity contribution in [2.24, 2.45) is 23.7 Å². The summed E-state index contributed by atoms with van der Waals surface area (Å²) in [5.74, 6) is -0.390. The molecule has 0 radical (unpaired) electrons. The molecule has 5 heteroatoms. The van der Waals surface area contributed by atoms with Gasteiger partial charge in [0.05, 0.1) is 5.92 Å². The highest BCUT2D eigenvalue weighted by atomic mass is 127. The van der Waals surface area contributed by atoms with Gasteiger partial charge in [-0.1, -0.05) is 37.3 Å². The van der Waals surface area contributed by atoms with E-state index in [2.05, 4.69) is 0 Å². The zero-order chi connectivity index (χ0) is 14.3. The van der Waals surface area contributed by atoms with Crippen molar-refractivity contribution < 1.29 is 19.4 Å². The van der Waals surface area contributed by atoms with Crippen LogP contribution in [0.1, 0.15) is 12.5 Å². The largest absolute Gasteiger partial charge is 0.346 e. The lowest BCUT2D eigenvalue weighted by Gasteiger charge is -2.19. The maximum Gasteiger partial charge on any atom is 0.346 e. The van der Waals surface area contributed by atoms with Gasteiger partial charge < -0.3 is 0 Å². The Morgan fingerprint density at radius 1 is 1.20 bits per heavy atom. The molecule has 1 saturated carbocycles. The standard InChI is InChI=1S/C15H15IO4/c1-8-11-10(7-9-5-3-2-4-6-9)15(18)20-19-14(16)13(17)12(8)11/h2-6,8,10-12,14H,7H2,1H3/t8-,10+,11-,12?,14?/m0/s1. The second-order valence-corrected chi connectivity index (χ2v) is 6.61. The van der Waals surface area contributed by atoms with Crippen molar-refractivity contribution in [2.45, 2.75) is 17.5 Å². The molecule has 0 N–H and O–H groups in total. The van der Waals surface area contributed by atoms with Crippen LogP contribution in [0.3, 0.4) is 0 Å². The van der Waals surface area contributed by atoms with E-state index in [0.29, 0.717) is 6.42 Å². The normalized spacial score (nSPS) is 36.6. The van der Waals surface area contributed by atoms with E-state index in [1.165, 1.54) is 0 Å². The highest BCUT2D eigenvalue weighted by Crippen LogP contribution is 2.54. The number of fused-ring (bicyclic) bond motifs is 1. The Balaban J connectivity index is 1.82. The molecular weight excluding hydrogens is 371 g/mol. The summed E-state index contributed by atoms with van der Waals surface area (Å²) in [5.41, 5.74) is 1.08. The lowest BCUT2D eigenvalue weighted by molar-refractivity contribution is -0.278. The number of halogens is 1. The summed E-state index contributed by atoms with van der Waals surface area (Å²) in [5, 5.41) is 0. The maximum absolute atomic E-state index is 12.1. The first-order chi connectivity index (χ1) is 9.59. The molecule has 1 saturated heterocycles. The Morgan fingerprint density at radius 2 is 1.90 bits per heavy atom. The fourth-order valence-corrected chi connectivity index (χ4v) is 3.67. The third kappa shape index (κ3) is 2.48. The van der Waals surface area contributed by atoms with Gasteiger partial charge >= 0.3 is 5.97 Å². The maximum atomic E-state index is 12.1. The topological polar surface area (TPSA) is 52.6 Å². The van der Waals surface area contributed by atoms with Gasteiger partial charge in [0.1, 0.15) is 0 Å². The molecule has 2 aliphatic rings. The Kier molecular flexibility index (Phi) is 3.81. The molecule has 1 heterocycles. The van der Waals surface area contributed by atoms with Gasteiger partial charge in [-0.3, -0.25) is 9.68 Å². The highest BCUT2D eigenvalue weighted by Gasteiger charge is 2.59. The summed E-state index contributed by atoms with van der Waals surface area (Å²) in [6.07, 6.45) is 0.591. The summed E-state index contributed by atoms with van der Waals surface area (Å²) >= 11 is 1.87. The summed E-state index contributed by atoms with van der Waals surface area (Å²) in [6.45, 7) is 2.02. The number of carbonyl (C=O) groups excluding carboxylic acids is 2. The minimum Gasteiger partial charge on any atom is -0.296 e. The lowest BCUT2D eigenvalue weighted by Crippen LogP contribution is -2.31. The monoisotopic (exact) mass is 386 g/mol.